The minimum Gasteiger partial charge on any atom is -0.370 e. The Morgan fingerprint density at radius 1 is 1.06 bits per heavy atom. The van der Waals surface area contributed by atoms with Crippen LogP contribution in [0, 0.1) is 11.8 Å². The van der Waals surface area contributed by atoms with Gasteiger partial charge < -0.3 is 11.1 Å². The van der Waals surface area contributed by atoms with E-state index in [1.807, 2.05) is 37.3 Å². The number of nitrogens with zero attached hydrogens (tertiary/aromatic N) is 1. The third kappa shape index (κ3) is 2.72. The topological polar surface area (TPSA) is 122 Å². The molecule has 3 heterocycles. The number of fused-ring (bicyclic) bond motifs is 4. The standard InChI is InChI=1S/C24H24N4O4/c1-13(14-7-3-2-4-8-14)28-21(30)19-17(11-12-18(25)29)27-24(20(19)22(28)31)15-9-5-6-10-16(15)26-23(24)32/h2-10,13,17,19-20,27H,11-12H2,1H3,(H2,25,29)(H,26,32)/t13-,17+,19-,20-,24-/m1/s1. The Morgan fingerprint density at radius 3 is 2.47 bits per heavy atom. The smallest absolute Gasteiger partial charge is 0.250 e. The number of carbonyl (C=O) groups is 4. The molecule has 4 N–H and O–H groups in total. The van der Waals surface area contributed by atoms with E-state index in [4.69, 9.17) is 5.73 Å². The third-order valence-corrected chi connectivity index (χ3v) is 7.03. The maximum absolute atomic E-state index is 13.8. The summed E-state index contributed by atoms with van der Waals surface area (Å²) < 4.78 is 0. The summed E-state index contributed by atoms with van der Waals surface area (Å²) in [6.45, 7) is 1.81. The number of hydrogen-bond acceptors (Lipinski definition) is 5. The van der Waals surface area contributed by atoms with Gasteiger partial charge in [-0.25, -0.2) is 0 Å². The van der Waals surface area contributed by atoms with Gasteiger partial charge in [-0.1, -0.05) is 48.5 Å². The zero-order chi connectivity index (χ0) is 22.6. The van der Waals surface area contributed by atoms with E-state index in [2.05, 4.69) is 10.6 Å². The number of benzene rings is 2. The summed E-state index contributed by atoms with van der Waals surface area (Å²) in [4.78, 5) is 53.6. The molecule has 8 nitrogen and oxygen atoms in total. The van der Waals surface area contributed by atoms with Gasteiger partial charge in [0.15, 0.2) is 0 Å². The fourth-order valence-electron chi connectivity index (χ4n) is 5.59. The molecular formula is C24H24N4O4. The molecule has 0 aromatic heterocycles. The number of rotatable bonds is 5. The van der Waals surface area contributed by atoms with E-state index in [1.165, 1.54) is 4.90 Å². The molecule has 5 rings (SSSR count). The Morgan fingerprint density at radius 2 is 1.75 bits per heavy atom. The van der Waals surface area contributed by atoms with Gasteiger partial charge in [0.1, 0.15) is 5.54 Å². The van der Waals surface area contributed by atoms with Crippen LogP contribution < -0.4 is 16.4 Å². The molecular weight excluding hydrogens is 408 g/mol. The Hall–Kier alpha value is -3.52. The van der Waals surface area contributed by atoms with Crippen molar-refractivity contribution in [2.24, 2.45) is 17.6 Å². The summed E-state index contributed by atoms with van der Waals surface area (Å²) in [7, 11) is 0. The SMILES string of the molecule is C[C@H](c1ccccc1)N1C(=O)[C@@H]2[C@H](CCC(N)=O)N[C@@]3(C(=O)Nc4ccccc43)[C@H]2C1=O. The molecule has 2 fully saturated rings. The summed E-state index contributed by atoms with van der Waals surface area (Å²) in [5.41, 5.74) is 6.11. The molecule has 4 amide bonds. The highest BCUT2D eigenvalue weighted by Gasteiger charge is 2.70. The van der Waals surface area contributed by atoms with Gasteiger partial charge in [0.05, 0.1) is 17.9 Å². The van der Waals surface area contributed by atoms with Gasteiger partial charge in [-0.05, 0) is 25.0 Å². The number of hydrogen-bond donors (Lipinski definition) is 3. The lowest BCUT2D eigenvalue weighted by atomic mass is 9.76. The molecule has 0 aliphatic carbocycles. The second-order valence-corrected chi connectivity index (χ2v) is 8.70. The van der Waals surface area contributed by atoms with Crippen LogP contribution in [0.25, 0.3) is 0 Å². The van der Waals surface area contributed by atoms with Crippen molar-refractivity contribution < 1.29 is 19.2 Å². The number of amides is 4. The van der Waals surface area contributed by atoms with Crippen LogP contribution in [0.5, 0.6) is 0 Å². The first kappa shape index (κ1) is 20.4. The number of nitrogens with two attached hydrogens (primary N) is 1. The average molecular weight is 432 g/mol. The molecule has 1 spiro atoms. The third-order valence-electron chi connectivity index (χ3n) is 7.03. The Bertz CT molecular complexity index is 1130. The maximum atomic E-state index is 13.8. The molecule has 2 aromatic rings. The van der Waals surface area contributed by atoms with Crippen molar-refractivity contribution in [3.63, 3.8) is 0 Å². The first-order valence-corrected chi connectivity index (χ1v) is 10.7. The average Bonchev–Trinajstić information content (AvgIpc) is 3.37. The minimum atomic E-state index is -1.36. The van der Waals surface area contributed by atoms with E-state index >= 15 is 0 Å². The number of imide groups is 1. The van der Waals surface area contributed by atoms with Crippen molar-refractivity contribution in [1.82, 2.24) is 10.2 Å². The first-order chi connectivity index (χ1) is 15.4. The summed E-state index contributed by atoms with van der Waals surface area (Å²) in [5.74, 6) is -3.21. The van der Waals surface area contributed by atoms with E-state index in [0.29, 0.717) is 11.3 Å². The minimum absolute atomic E-state index is 0.0515. The van der Waals surface area contributed by atoms with Crippen LogP contribution in [0.1, 0.15) is 36.9 Å². The van der Waals surface area contributed by atoms with Gasteiger partial charge >= 0.3 is 0 Å². The van der Waals surface area contributed by atoms with Crippen molar-refractivity contribution in [1.29, 1.82) is 0 Å². The molecule has 3 aliphatic heterocycles. The van der Waals surface area contributed by atoms with Crippen molar-refractivity contribution in [3.8, 4) is 0 Å². The highest BCUT2D eigenvalue weighted by Crippen LogP contribution is 2.54. The molecule has 0 bridgehead atoms. The van der Waals surface area contributed by atoms with Crippen LogP contribution in [0.3, 0.4) is 0 Å². The van der Waals surface area contributed by atoms with Crippen molar-refractivity contribution in [2.45, 2.75) is 37.4 Å². The number of carbonyl (C=O) groups excluding carboxylic acids is 4. The van der Waals surface area contributed by atoms with Crippen LogP contribution in [0.15, 0.2) is 54.6 Å². The fourth-order valence-corrected chi connectivity index (χ4v) is 5.59. The van der Waals surface area contributed by atoms with Gasteiger partial charge in [-0.3, -0.25) is 29.4 Å². The predicted octanol–water partition coefficient (Wildman–Crippen LogP) is 1.43. The van der Waals surface area contributed by atoms with Crippen LogP contribution in [-0.2, 0) is 24.7 Å². The highest BCUT2D eigenvalue weighted by molar-refractivity contribution is 6.15. The lowest BCUT2D eigenvalue weighted by Crippen LogP contribution is -2.53. The number of nitrogens with one attached hydrogen (secondary N) is 2. The maximum Gasteiger partial charge on any atom is 0.250 e. The Kier molecular flexibility index (Phi) is 4.63. The lowest BCUT2D eigenvalue weighted by molar-refractivity contribution is -0.145. The normalized spacial score (nSPS) is 29.2. The van der Waals surface area contributed by atoms with Crippen molar-refractivity contribution in [2.75, 3.05) is 5.32 Å². The quantitative estimate of drug-likeness (QED) is 0.617. The van der Waals surface area contributed by atoms with E-state index in [9.17, 15) is 19.2 Å². The monoisotopic (exact) mass is 432 g/mol. The summed E-state index contributed by atoms with van der Waals surface area (Å²) in [6, 6.07) is 15.5. The highest BCUT2D eigenvalue weighted by atomic mass is 16.2. The molecule has 0 unspecified atom stereocenters. The van der Waals surface area contributed by atoms with Gasteiger partial charge in [0.25, 0.3) is 0 Å². The zero-order valence-corrected chi connectivity index (χ0v) is 17.6. The second-order valence-electron chi connectivity index (χ2n) is 8.70. The molecule has 2 aromatic carbocycles. The van der Waals surface area contributed by atoms with Crippen LogP contribution in [0.2, 0.25) is 0 Å². The number of para-hydroxylation sites is 1. The number of anilines is 1. The van der Waals surface area contributed by atoms with Gasteiger partial charge in [0, 0.05) is 23.7 Å². The molecule has 164 valence electrons. The van der Waals surface area contributed by atoms with Gasteiger partial charge in [0.2, 0.25) is 23.6 Å². The number of primary amides is 1. The van der Waals surface area contributed by atoms with Gasteiger partial charge in [-0.2, -0.15) is 0 Å². The van der Waals surface area contributed by atoms with Crippen LogP contribution in [-0.4, -0.2) is 34.6 Å². The Labute approximate surface area is 185 Å². The summed E-state index contributed by atoms with van der Waals surface area (Å²) >= 11 is 0. The summed E-state index contributed by atoms with van der Waals surface area (Å²) in [5, 5.41) is 6.17. The van der Waals surface area contributed by atoms with Crippen LogP contribution in [0.4, 0.5) is 5.69 Å². The summed E-state index contributed by atoms with van der Waals surface area (Å²) in [6.07, 6.45) is 0.316. The van der Waals surface area contributed by atoms with Crippen LogP contribution >= 0.6 is 0 Å². The molecule has 3 aliphatic rings. The first-order valence-electron chi connectivity index (χ1n) is 10.7. The zero-order valence-electron chi connectivity index (χ0n) is 17.6. The molecule has 8 heteroatoms. The predicted molar refractivity (Wildman–Crippen MR) is 116 cm³/mol. The molecule has 2 saturated heterocycles. The number of likely N-dealkylation sites (tertiary alicyclic amines) is 1. The van der Waals surface area contributed by atoms with E-state index < -0.39 is 35.4 Å². The largest absolute Gasteiger partial charge is 0.370 e. The van der Waals surface area contributed by atoms with Crippen molar-refractivity contribution in [3.05, 3.63) is 65.7 Å². The second kappa shape index (κ2) is 7.27. The molecule has 0 saturated carbocycles. The van der Waals surface area contributed by atoms with Gasteiger partial charge in [-0.15, -0.1) is 0 Å². The van der Waals surface area contributed by atoms with E-state index in [0.717, 1.165) is 5.56 Å². The lowest BCUT2D eigenvalue weighted by Gasteiger charge is -2.31. The van der Waals surface area contributed by atoms with E-state index in [1.54, 1.807) is 24.3 Å². The molecule has 32 heavy (non-hydrogen) atoms. The Balaban J connectivity index is 1.61. The van der Waals surface area contributed by atoms with Crippen molar-refractivity contribution >= 4 is 29.3 Å². The molecule has 5 atom stereocenters. The fraction of sp³-hybridized carbons (Fsp3) is 0.333. The molecule has 0 radical (unpaired) electrons. The van der Waals surface area contributed by atoms with E-state index in [-0.39, 0.29) is 30.6 Å².